The lowest BCUT2D eigenvalue weighted by Gasteiger charge is -2.29. The molecule has 5 nitrogen and oxygen atoms in total. The van der Waals surface area contributed by atoms with Crippen LogP contribution >= 0.6 is 0 Å². The fourth-order valence-corrected chi connectivity index (χ4v) is 3.20. The predicted molar refractivity (Wildman–Crippen MR) is 85.7 cm³/mol. The summed E-state index contributed by atoms with van der Waals surface area (Å²) in [5, 5.41) is 22.2. The molecule has 1 aromatic rings. The summed E-state index contributed by atoms with van der Waals surface area (Å²) in [5.74, 6) is -0.240. The molecule has 0 saturated carbocycles. The molecule has 0 radical (unpaired) electrons. The Bertz CT molecular complexity index is 500. The van der Waals surface area contributed by atoms with E-state index in [1.165, 1.54) is 0 Å². The van der Waals surface area contributed by atoms with Gasteiger partial charge in [0.2, 0.25) is 5.91 Å². The number of rotatable bonds is 7. The number of aliphatic hydroxyl groups excluding tert-OH is 2. The number of aliphatic hydroxyl groups is 2. The molecule has 1 heterocycles. The zero-order valence-electron chi connectivity index (χ0n) is 13.4. The van der Waals surface area contributed by atoms with E-state index in [9.17, 15) is 19.4 Å². The van der Waals surface area contributed by atoms with Gasteiger partial charge in [0.1, 0.15) is 12.3 Å². The van der Waals surface area contributed by atoms with E-state index in [0.29, 0.717) is 19.5 Å². The maximum Gasteiger partial charge on any atom is 0.221 e. The number of halogens is 1. The van der Waals surface area contributed by atoms with Crippen molar-refractivity contribution in [1.29, 1.82) is 0 Å². The summed E-state index contributed by atoms with van der Waals surface area (Å²) < 4.78 is 14.4. The van der Waals surface area contributed by atoms with E-state index in [1.54, 1.807) is 11.8 Å². The quantitative estimate of drug-likeness (QED) is 0.683. The van der Waals surface area contributed by atoms with Crippen LogP contribution in [-0.2, 0) is 11.2 Å². The monoisotopic (exact) mass is 324 g/mol. The summed E-state index contributed by atoms with van der Waals surface area (Å²) in [7, 11) is 0. The number of benzene rings is 1. The van der Waals surface area contributed by atoms with Gasteiger partial charge in [-0.1, -0.05) is 30.3 Å². The van der Waals surface area contributed by atoms with Crippen LogP contribution < -0.4 is 5.32 Å². The van der Waals surface area contributed by atoms with Crippen LogP contribution in [-0.4, -0.2) is 65.1 Å². The molecule has 1 amide bonds. The summed E-state index contributed by atoms with van der Waals surface area (Å²) in [6, 6.07) is 8.36. The first-order chi connectivity index (χ1) is 11.1. The topological polar surface area (TPSA) is 72.8 Å². The van der Waals surface area contributed by atoms with Crippen LogP contribution in [0.4, 0.5) is 4.39 Å². The average molecular weight is 324 g/mol. The van der Waals surface area contributed by atoms with Crippen molar-refractivity contribution < 1.29 is 19.4 Å². The Kier molecular flexibility index (Phi) is 6.50. The first kappa shape index (κ1) is 17.8. The summed E-state index contributed by atoms with van der Waals surface area (Å²) >= 11 is 0. The number of hydrogen-bond acceptors (Lipinski definition) is 4. The zero-order valence-corrected chi connectivity index (χ0v) is 13.4. The molecule has 23 heavy (non-hydrogen) atoms. The number of amides is 1. The van der Waals surface area contributed by atoms with Gasteiger partial charge in [0.15, 0.2) is 0 Å². The molecule has 0 bridgehead atoms. The van der Waals surface area contributed by atoms with E-state index in [-0.39, 0.29) is 18.9 Å². The summed E-state index contributed by atoms with van der Waals surface area (Å²) in [6.45, 7) is 2.44. The van der Waals surface area contributed by atoms with E-state index in [4.69, 9.17) is 0 Å². The third-order valence-electron chi connectivity index (χ3n) is 4.40. The highest BCUT2D eigenvalue weighted by molar-refractivity contribution is 5.76. The summed E-state index contributed by atoms with van der Waals surface area (Å²) in [5.41, 5.74) is 1.10. The normalized spacial score (nSPS) is 28.0. The van der Waals surface area contributed by atoms with Crippen LogP contribution in [0, 0.1) is 0 Å². The summed E-state index contributed by atoms with van der Waals surface area (Å²) in [4.78, 5) is 13.6. The van der Waals surface area contributed by atoms with Crippen molar-refractivity contribution in [3.8, 4) is 0 Å². The van der Waals surface area contributed by atoms with Gasteiger partial charge in [-0.3, -0.25) is 9.69 Å². The minimum absolute atomic E-state index is 0.0165. The van der Waals surface area contributed by atoms with Gasteiger partial charge in [0, 0.05) is 19.5 Å². The van der Waals surface area contributed by atoms with E-state index in [1.807, 2.05) is 30.3 Å². The molecule has 1 aliphatic rings. The van der Waals surface area contributed by atoms with E-state index in [2.05, 4.69) is 5.32 Å². The largest absolute Gasteiger partial charge is 0.395 e. The SMILES string of the molecule is CCNC(=O)C[C@@H]1[C@H](F)[C@H](O)C(CO)N1CCc1ccccc1. The highest BCUT2D eigenvalue weighted by atomic mass is 19.1. The van der Waals surface area contributed by atoms with Crippen LogP contribution in [0.3, 0.4) is 0 Å². The second-order valence-corrected chi connectivity index (χ2v) is 5.88. The minimum Gasteiger partial charge on any atom is -0.395 e. The van der Waals surface area contributed by atoms with Crippen LogP contribution in [0.25, 0.3) is 0 Å². The molecule has 1 fully saturated rings. The number of nitrogens with one attached hydrogen (secondary N) is 1. The van der Waals surface area contributed by atoms with Crippen molar-refractivity contribution in [2.45, 2.75) is 44.1 Å². The minimum atomic E-state index is -1.54. The Morgan fingerprint density at radius 1 is 1.30 bits per heavy atom. The average Bonchev–Trinajstić information content (AvgIpc) is 2.78. The molecule has 4 atom stereocenters. The Morgan fingerprint density at radius 2 is 2.00 bits per heavy atom. The first-order valence-electron chi connectivity index (χ1n) is 8.07. The fourth-order valence-electron chi connectivity index (χ4n) is 3.20. The Hall–Kier alpha value is -1.50. The molecule has 1 unspecified atom stereocenters. The lowest BCUT2D eigenvalue weighted by molar-refractivity contribution is -0.122. The van der Waals surface area contributed by atoms with Gasteiger partial charge in [-0.05, 0) is 18.9 Å². The molecular formula is C17H25FN2O3. The predicted octanol–water partition coefficient (Wildman–Crippen LogP) is 0.499. The number of hydrogen-bond donors (Lipinski definition) is 3. The number of nitrogens with zero attached hydrogens (tertiary/aromatic N) is 1. The number of carbonyl (C=O) groups is 1. The molecule has 2 rings (SSSR count). The van der Waals surface area contributed by atoms with Gasteiger partial charge < -0.3 is 15.5 Å². The van der Waals surface area contributed by atoms with Gasteiger partial charge in [0.25, 0.3) is 0 Å². The van der Waals surface area contributed by atoms with Crippen molar-refractivity contribution in [3.63, 3.8) is 0 Å². The van der Waals surface area contributed by atoms with E-state index >= 15 is 0 Å². The molecule has 128 valence electrons. The van der Waals surface area contributed by atoms with Crippen molar-refractivity contribution in [1.82, 2.24) is 10.2 Å². The van der Waals surface area contributed by atoms with Crippen molar-refractivity contribution in [2.24, 2.45) is 0 Å². The molecule has 0 aliphatic carbocycles. The van der Waals surface area contributed by atoms with Crippen LogP contribution in [0.2, 0.25) is 0 Å². The van der Waals surface area contributed by atoms with Crippen LogP contribution in [0.15, 0.2) is 30.3 Å². The number of alkyl halides is 1. The van der Waals surface area contributed by atoms with Crippen molar-refractivity contribution >= 4 is 5.91 Å². The number of carbonyl (C=O) groups excluding carboxylic acids is 1. The van der Waals surface area contributed by atoms with Crippen LogP contribution in [0.5, 0.6) is 0 Å². The molecule has 6 heteroatoms. The maximum atomic E-state index is 14.4. The van der Waals surface area contributed by atoms with E-state index in [0.717, 1.165) is 5.56 Å². The smallest absolute Gasteiger partial charge is 0.221 e. The van der Waals surface area contributed by atoms with Gasteiger partial charge in [0.05, 0.1) is 18.7 Å². The first-order valence-corrected chi connectivity index (χ1v) is 8.07. The van der Waals surface area contributed by atoms with Gasteiger partial charge in [-0.25, -0.2) is 4.39 Å². The molecule has 1 aromatic carbocycles. The second kappa shape index (κ2) is 8.38. The zero-order chi connectivity index (χ0) is 16.8. The number of likely N-dealkylation sites (tertiary alicyclic amines) is 1. The van der Waals surface area contributed by atoms with Gasteiger partial charge in [-0.2, -0.15) is 0 Å². The highest BCUT2D eigenvalue weighted by Gasteiger charge is 2.48. The molecular weight excluding hydrogens is 299 g/mol. The van der Waals surface area contributed by atoms with Gasteiger partial charge >= 0.3 is 0 Å². The third kappa shape index (κ3) is 4.28. The van der Waals surface area contributed by atoms with Gasteiger partial charge in [-0.15, -0.1) is 0 Å². The lowest BCUT2D eigenvalue weighted by Crippen LogP contribution is -2.44. The fraction of sp³-hybridized carbons (Fsp3) is 0.588. The Morgan fingerprint density at radius 3 is 2.61 bits per heavy atom. The maximum absolute atomic E-state index is 14.4. The van der Waals surface area contributed by atoms with Crippen molar-refractivity contribution in [2.75, 3.05) is 19.7 Å². The molecule has 3 N–H and O–H groups in total. The molecule has 0 spiro atoms. The van der Waals surface area contributed by atoms with E-state index < -0.39 is 24.4 Å². The molecule has 1 aliphatic heterocycles. The Labute approximate surface area is 136 Å². The standard InChI is InChI=1S/C17H25FN2O3/c1-2-19-15(22)10-13-16(18)17(23)14(11-21)20(13)9-8-12-6-4-3-5-7-12/h3-7,13-14,16-17,21,23H,2,8-11H2,1H3,(H,19,22)/t13-,14?,16+,17-/m1/s1. The highest BCUT2D eigenvalue weighted by Crippen LogP contribution is 2.30. The third-order valence-corrected chi connectivity index (χ3v) is 4.40. The molecule has 1 saturated heterocycles. The second-order valence-electron chi connectivity index (χ2n) is 5.88. The Balaban J connectivity index is 2.07. The van der Waals surface area contributed by atoms with Crippen molar-refractivity contribution in [3.05, 3.63) is 35.9 Å². The lowest BCUT2D eigenvalue weighted by atomic mass is 10.1. The van der Waals surface area contributed by atoms with Crippen LogP contribution in [0.1, 0.15) is 18.9 Å². The summed E-state index contributed by atoms with van der Waals surface area (Å²) in [6.07, 6.45) is -2.15. The molecule has 0 aromatic heterocycles.